The molecule has 0 aliphatic carbocycles. The first-order chi connectivity index (χ1) is 12.0. The van der Waals surface area contributed by atoms with Crippen LogP contribution < -0.4 is 10.5 Å². The Morgan fingerprint density at radius 1 is 1.32 bits per heavy atom. The van der Waals surface area contributed by atoms with E-state index in [4.69, 9.17) is 15.2 Å². The van der Waals surface area contributed by atoms with E-state index in [1.165, 1.54) is 17.7 Å². The molecule has 1 aromatic heterocycles. The van der Waals surface area contributed by atoms with Crippen LogP contribution in [0.5, 0.6) is 0 Å². The molecule has 2 aromatic rings. The van der Waals surface area contributed by atoms with E-state index in [-0.39, 0.29) is 16.6 Å². The van der Waals surface area contributed by atoms with Crippen LogP contribution in [0.15, 0.2) is 58.7 Å². The highest BCUT2D eigenvalue weighted by atomic mass is 32.2. The van der Waals surface area contributed by atoms with Crippen LogP contribution in [0.4, 0.5) is 0 Å². The summed E-state index contributed by atoms with van der Waals surface area (Å²) in [5, 5.41) is 1.38. The van der Waals surface area contributed by atoms with Crippen molar-refractivity contribution in [3.8, 4) is 0 Å². The van der Waals surface area contributed by atoms with Crippen molar-refractivity contribution in [1.29, 1.82) is 0 Å². The van der Waals surface area contributed by atoms with Crippen LogP contribution in [0, 0.1) is 0 Å². The van der Waals surface area contributed by atoms with Gasteiger partial charge in [0.05, 0.1) is 15.8 Å². The zero-order valence-corrected chi connectivity index (χ0v) is 14.7. The van der Waals surface area contributed by atoms with Gasteiger partial charge in [-0.15, -0.1) is 11.3 Å². The summed E-state index contributed by atoms with van der Waals surface area (Å²) in [7, 11) is -3.85. The Labute approximate surface area is 149 Å². The zero-order valence-electron chi connectivity index (χ0n) is 13.0. The Morgan fingerprint density at radius 3 is 2.68 bits per heavy atom. The number of hydrogen-bond acceptors (Lipinski definition) is 6. The van der Waals surface area contributed by atoms with E-state index in [0.29, 0.717) is 12.2 Å². The highest BCUT2D eigenvalue weighted by molar-refractivity contribution is 7.89. The summed E-state index contributed by atoms with van der Waals surface area (Å²) < 4.78 is 38.3. The van der Waals surface area contributed by atoms with Crippen LogP contribution >= 0.6 is 11.3 Å². The van der Waals surface area contributed by atoms with Crippen LogP contribution in [-0.2, 0) is 25.9 Å². The van der Waals surface area contributed by atoms with Gasteiger partial charge in [-0.3, -0.25) is 4.79 Å². The van der Waals surface area contributed by atoms with Gasteiger partial charge in [0.15, 0.2) is 5.76 Å². The second-order valence-corrected chi connectivity index (χ2v) is 7.95. The van der Waals surface area contributed by atoms with E-state index in [2.05, 4.69) is 4.72 Å². The molecule has 1 atom stereocenters. The minimum atomic E-state index is -3.85. The number of amides is 1. The Morgan fingerprint density at radius 2 is 2.08 bits per heavy atom. The van der Waals surface area contributed by atoms with Crippen molar-refractivity contribution in [3.05, 3.63) is 64.2 Å². The van der Waals surface area contributed by atoms with E-state index in [9.17, 15) is 13.2 Å². The molecule has 1 aliphatic rings. The van der Waals surface area contributed by atoms with Gasteiger partial charge in [-0.2, -0.15) is 4.72 Å². The van der Waals surface area contributed by atoms with Crippen molar-refractivity contribution in [2.24, 2.45) is 5.73 Å². The van der Waals surface area contributed by atoms with Gasteiger partial charge in [0.25, 0.3) is 5.91 Å². The molecule has 7 nitrogen and oxygen atoms in total. The molecule has 3 rings (SSSR count). The van der Waals surface area contributed by atoms with E-state index < -0.39 is 22.0 Å². The fourth-order valence-corrected chi connectivity index (χ4v) is 4.66. The molecule has 25 heavy (non-hydrogen) atoms. The van der Waals surface area contributed by atoms with E-state index in [0.717, 1.165) is 16.9 Å². The predicted molar refractivity (Wildman–Crippen MR) is 92.2 cm³/mol. The van der Waals surface area contributed by atoms with Gasteiger partial charge in [-0.1, -0.05) is 30.3 Å². The lowest BCUT2D eigenvalue weighted by molar-refractivity contribution is 0.0746. The van der Waals surface area contributed by atoms with Gasteiger partial charge >= 0.3 is 0 Å². The summed E-state index contributed by atoms with van der Waals surface area (Å²) in [5.74, 6) is -0.264. The summed E-state index contributed by atoms with van der Waals surface area (Å²) in [4.78, 5) is 11.4. The maximum absolute atomic E-state index is 12.6. The van der Waals surface area contributed by atoms with Gasteiger partial charge in [0.1, 0.15) is 6.26 Å². The van der Waals surface area contributed by atoms with Crippen molar-refractivity contribution in [2.75, 3.05) is 6.79 Å². The average molecular weight is 380 g/mol. The molecule has 0 fully saturated rings. The van der Waals surface area contributed by atoms with Gasteiger partial charge in [0, 0.05) is 5.38 Å². The third kappa shape index (κ3) is 4.19. The Bertz CT molecular complexity index is 890. The number of rotatable bonds is 7. The van der Waals surface area contributed by atoms with Crippen molar-refractivity contribution in [1.82, 2.24) is 4.72 Å². The van der Waals surface area contributed by atoms with Gasteiger partial charge in [0.2, 0.25) is 16.8 Å². The first-order valence-electron chi connectivity index (χ1n) is 7.35. The lowest BCUT2D eigenvalue weighted by Crippen LogP contribution is -2.38. The number of carbonyl (C=O) groups is 1. The SMILES string of the molecule is NC(=O)c1cc(S(=O)(=O)NC(Cc2ccccc2)C2=COCO2)cs1. The summed E-state index contributed by atoms with van der Waals surface area (Å²) in [5.41, 5.74) is 6.12. The average Bonchev–Trinajstić information content (AvgIpc) is 3.27. The summed E-state index contributed by atoms with van der Waals surface area (Å²) >= 11 is 0.984. The van der Waals surface area contributed by atoms with Crippen LogP contribution in [0.3, 0.4) is 0 Å². The number of nitrogens with one attached hydrogen (secondary N) is 1. The maximum Gasteiger partial charge on any atom is 0.258 e. The summed E-state index contributed by atoms with van der Waals surface area (Å²) in [6, 6.07) is 10.1. The molecule has 3 N–H and O–H groups in total. The zero-order chi connectivity index (χ0) is 17.9. The molecule has 2 heterocycles. The summed E-state index contributed by atoms with van der Waals surface area (Å²) in [6.07, 6.45) is 1.79. The monoisotopic (exact) mass is 380 g/mol. The molecule has 0 saturated carbocycles. The minimum absolute atomic E-state index is 0.0103. The standard InChI is InChI=1S/C16H16N2O5S2/c17-16(19)15-7-12(9-24-15)25(20,21)18-13(14-8-22-10-23-14)6-11-4-2-1-3-5-11/h1-5,7-9,13,18H,6,10H2,(H2,17,19). The van der Waals surface area contributed by atoms with Crippen LogP contribution in [-0.4, -0.2) is 27.2 Å². The van der Waals surface area contributed by atoms with E-state index in [1.807, 2.05) is 30.3 Å². The van der Waals surface area contributed by atoms with Crippen molar-refractivity contribution in [2.45, 2.75) is 17.4 Å². The van der Waals surface area contributed by atoms with Crippen molar-refractivity contribution < 1.29 is 22.7 Å². The van der Waals surface area contributed by atoms with E-state index >= 15 is 0 Å². The van der Waals surface area contributed by atoms with E-state index in [1.54, 1.807) is 0 Å². The summed E-state index contributed by atoms with van der Waals surface area (Å²) in [6.45, 7) is 0.0482. The number of sulfonamides is 1. The number of ether oxygens (including phenoxy) is 2. The second kappa shape index (κ2) is 7.26. The van der Waals surface area contributed by atoms with Gasteiger partial charge in [-0.05, 0) is 18.1 Å². The normalized spacial score (nSPS) is 15.1. The maximum atomic E-state index is 12.6. The van der Waals surface area contributed by atoms with Crippen LogP contribution in [0.2, 0.25) is 0 Å². The van der Waals surface area contributed by atoms with Gasteiger partial charge < -0.3 is 15.2 Å². The molecule has 132 valence electrons. The van der Waals surface area contributed by atoms with Crippen molar-refractivity contribution >= 4 is 27.3 Å². The quantitative estimate of drug-likeness (QED) is 0.758. The smallest absolute Gasteiger partial charge is 0.258 e. The lowest BCUT2D eigenvalue weighted by atomic mass is 10.1. The first kappa shape index (κ1) is 17.5. The molecule has 1 aliphatic heterocycles. The molecule has 1 aromatic carbocycles. The highest BCUT2D eigenvalue weighted by Gasteiger charge is 2.27. The number of nitrogens with two attached hydrogens (primary N) is 1. The fraction of sp³-hybridized carbons (Fsp3) is 0.188. The lowest BCUT2D eigenvalue weighted by Gasteiger charge is -2.18. The fourth-order valence-electron chi connectivity index (χ4n) is 2.33. The first-order valence-corrected chi connectivity index (χ1v) is 9.71. The third-order valence-corrected chi connectivity index (χ3v) is 6.09. The Balaban J connectivity index is 1.84. The minimum Gasteiger partial charge on any atom is -0.462 e. The molecule has 0 spiro atoms. The molecular weight excluding hydrogens is 364 g/mol. The largest absolute Gasteiger partial charge is 0.462 e. The molecule has 0 radical (unpaired) electrons. The molecule has 9 heteroatoms. The third-order valence-electron chi connectivity index (χ3n) is 3.55. The van der Waals surface area contributed by atoms with Crippen molar-refractivity contribution in [3.63, 3.8) is 0 Å². The molecule has 1 unspecified atom stereocenters. The predicted octanol–water partition coefficient (Wildman–Crippen LogP) is 1.58. The number of benzene rings is 1. The number of hydrogen-bond donors (Lipinski definition) is 2. The Hall–Kier alpha value is -2.36. The molecule has 0 saturated heterocycles. The topological polar surface area (TPSA) is 108 Å². The number of thiophene rings is 1. The molecular formula is C16H16N2O5S2. The van der Waals surface area contributed by atoms with Crippen LogP contribution in [0.25, 0.3) is 0 Å². The second-order valence-electron chi connectivity index (χ2n) is 5.32. The number of carbonyl (C=O) groups excluding carboxylic acids is 1. The number of primary amides is 1. The molecule has 0 bridgehead atoms. The Kier molecular flexibility index (Phi) is 5.07. The highest BCUT2D eigenvalue weighted by Crippen LogP contribution is 2.22. The van der Waals surface area contributed by atoms with Gasteiger partial charge in [-0.25, -0.2) is 8.42 Å². The molecule has 1 amide bonds. The van der Waals surface area contributed by atoms with Crippen LogP contribution in [0.1, 0.15) is 15.2 Å².